The fourth-order valence-corrected chi connectivity index (χ4v) is 1.16. The van der Waals surface area contributed by atoms with Crippen molar-refractivity contribution in [2.75, 3.05) is 7.11 Å². The minimum Gasteiger partial charge on any atom is -0.466 e. The molecule has 0 aliphatic heterocycles. The van der Waals surface area contributed by atoms with E-state index in [0.717, 1.165) is 18.2 Å². The summed E-state index contributed by atoms with van der Waals surface area (Å²) < 4.78 is 17.5. The maximum absolute atomic E-state index is 13.2. The Morgan fingerprint density at radius 2 is 2.06 bits per heavy atom. The van der Waals surface area contributed by atoms with Crippen LogP contribution in [0.2, 0.25) is 5.02 Å². The molecule has 0 fully saturated rings. The molecule has 0 spiro atoms. The Bertz CT molecular complexity index is 455. The Labute approximate surface area is 96.5 Å². The quantitative estimate of drug-likeness (QED) is 0.464. The fraction of sp³-hybridized carbons (Fsp3) is 0.0909. The Kier molecular flexibility index (Phi) is 4.19. The molecule has 1 aromatic rings. The Morgan fingerprint density at radius 3 is 2.69 bits per heavy atom. The molecule has 0 bridgehead atoms. The van der Waals surface area contributed by atoms with Crippen molar-refractivity contribution in [1.82, 2.24) is 0 Å². The number of hydrogen-bond acceptors (Lipinski definition) is 3. The summed E-state index contributed by atoms with van der Waals surface area (Å²) >= 11 is 5.62. The topological polar surface area (TPSA) is 43.4 Å². The molecule has 0 atom stereocenters. The van der Waals surface area contributed by atoms with E-state index < -0.39 is 17.6 Å². The SMILES string of the molecule is COC(=O)C=CC(=O)c1cc(Cl)ccc1F. The van der Waals surface area contributed by atoms with Crippen LogP contribution in [0.25, 0.3) is 0 Å². The number of methoxy groups -OCH3 is 1. The molecule has 1 rings (SSSR count). The number of carbonyl (C=O) groups excluding carboxylic acids is 2. The minimum absolute atomic E-state index is 0.187. The van der Waals surface area contributed by atoms with Gasteiger partial charge in [0.2, 0.25) is 0 Å². The molecule has 0 aliphatic carbocycles. The Hall–Kier alpha value is -1.68. The third kappa shape index (κ3) is 3.17. The molecule has 5 heteroatoms. The average Bonchev–Trinajstić information content (AvgIpc) is 2.28. The van der Waals surface area contributed by atoms with E-state index in [1.165, 1.54) is 19.2 Å². The third-order valence-corrected chi connectivity index (χ3v) is 2.00. The standard InChI is InChI=1S/C11H8ClFO3/c1-16-11(15)5-4-10(14)8-6-7(12)2-3-9(8)13/h2-6H,1H3. The van der Waals surface area contributed by atoms with Crippen LogP contribution in [0.1, 0.15) is 10.4 Å². The van der Waals surface area contributed by atoms with Gasteiger partial charge in [-0.05, 0) is 24.3 Å². The van der Waals surface area contributed by atoms with E-state index in [-0.39, 0.29) is 10.6 Å². The number of halogens is 2. The largest absolute Gasteiger partial charge is 0.466 e. The summed E-state index contributed by atoms with van der Waals surface area (Å²) in [7, 11) is 1.18. The number of rotatable bonds is 3. The minimum atomic E-state index is -0.691. The molecule has 0 saturated carbocycles. The summed E-state index contributed by atoms with van der Waals surface area (Å²) in [5.41, 5.74) is -0.187. The van der Waals surface area contributed by atoms with Crippen molar-refractivity contribution in [1.29, 1.82) is 0 Å². The first-order chi connectivity index (χ1) is 7.54. The predicted octanol–water partition coefficient (Wildman–Crippen LogP) is 2.39. The zero-order chi connectivity index (χ0) is 12.1. The first kappa shape index (κ1) is 12.4. The number of allylic oxidation sites excluding steroid dienone is 1. The molecule has 0 N–H and O–H groups in total. The van der Waals surface area contributed by atoms with Gasteiger partial charge in [-0.3, -0.25) is 4.79 Å². The van der Waals surface area contributed by atoms with E-state index in [9.17, 15) is 14.0 Å². The van der Waals surface area contributed by atoms with Gasteiger partial charge in [0.1, 0.15) is 5.82 Å². The fourth-order valence-electron chi connectivity index (χ4n) is 0.988. The summed E-state index contributed by atoms with van der Waals surface area (Å²) in [6, 6.07) is 3.61. The van der Waals surface area contributed by atoms with Gasteiger partial charge in [-0.1, -0.05) is 11.6 Å². The van der Waals surface area contributed by atoms with Gasteiger partial charge < -0.3 is 4.74 Å². The Balaban J connectivity index is 2.92. The lowest BCUT2D eigenvalue weighted by atomic mass is 10.1. The van der Waals surface area contributed by atoms with E-state index in [0.29, 0.717) is 0 Å². The van der Waals surface area contributed by atoms with Crippen molar-refractivity contribution in [3.05, 3.63) is 46.8 Å². The zero-order valence-electron chi connectivity index (χ0n) is 8.37. The number of ether oxygens (including phenoxy) is 1. The van der Waals surface area contributed by atoms with E-state index in [1.807, 2.05) is 0 Å². The van der Waals surface area contributed by atoms with Gasteiger partial charge in [0, 0.05) is 11.1 Å². The molecule has 0 unspecified atom stereocenters. The number of carbonyl (C=O) groups is 2. The van der Waals surface area contributed by atoms with Crippen LogP contribution in [0.5, 0.6) is 0 Å². The second-order valence-corrected chi connectivity index (χ2v) is 3.28. The first-order valence-corrected chi connectivity index (χ1v) is 4.68. The van der Waals surface area contributed by atoms with Gasteiger partial charge >= 0.3 is 5.97 Å². The molecule has 0 aromatic heterocycles. The molecule has 3 nitrogen and oxygen atoms in total. The molecule has 0 aliphatic rings. The van der Waals surface area contributed by atoms with Crippen LogP contribution < -0.4 is 0 Å². The highest BCUT2D eigenvalue weighted by molar-refractivity contribution is 6.31. The molecular weight excluding hydrogens is 235 g/mol. The van der Waals surface area contributed by atoms with Gasteiger partial charge in [-0.25, -0.2) is 9.18 Å². The van der Waals surface area contributed by atoms with Crippen molar-refractivity contribution in [2.24, 2.45) is 0 Å². The average molecular weight is 243 g/mol. The number of hydrogen-bond donors (Lipinski definition) is 0. The molecule has 16 heavy (non-hydrogen) atoms. The highest BCUT2D eigenvalue weighted by atomic mass is 35.5. The number of benzene rings is 1. The van der Waals surface area contributed by atoms with Gasteiger partial charge in [0.05, 0.1) is 12.7 Å². The molecule has 0 heterocycles. The molecule has 0 amide bonds. The lowest BCUT2D eigenvalue weighted by Crippen LogP contribution is -2.01. The van der Waals surface area contributed by atoms with Crippen molar-refractivity contribution in [3.63, 3.8) is 0 Å². The van der Waals surface area contributed by atoms with Crippen LogP contribution in [0.15, 0.2) is 30.4 Å². The second-order valence-electron chi connectivity index (χ2n) is 2.84. The summed E-state index contributed by atoms with van der Waals surface area (Å²) in [6.07, 6.45) is 1.85. The van der Waals surface area contributed by atoms with Crippen molar-refractivity contribution >= 4 is 23.4 Å². The summed E-state index contributed by atoms with van der Waals surface area (Å²) in [5.74, 6) is -2.02. The van der Waals surface area contributed by atoms with Crippen molar-refractivity contribution < 1.29 is 18.7 Å². The second kappa shape index (κ2) is 5.42. The monoisotopic (exact) mass is 242 g/mol. The summed E-state index contributed by atoms with van der Waals surface area (Å²) in [4.78, 5) is 22.2. The van der Waals surface area contributed by atoms with Crippen LogP contribution in [0.3, 0.4) is 0 Å². The maximum Gasteiger partial charge on any atom is 0.330 e. The molecule has 0 radical (unpaired) electrons. The zero-order valence-corrected chi connectivity index (χ0v) is 9.12. The molecule has 0 saturated heterocycles. The van der Waals surface area contributed by atoms with Gasteiger partial charge in [0.25, 0.3) is 0 Å². The number of ketones is 1. The maximum atomic E-state index is 13.2. The summed E-state index contributed by atoms with van der Waals surface area (Å²) in [6.45, 7) is 0. The van der Waals surface area contributed by atoms with Crippen LogP contribution in [0, 0.1) is 5.82 Å². The molecular formula is C11H8ClFO3. The highest BCUT2D eigenvalue weighted by Crippen LogP contribution is 2.15. The molecule has 1 aromatic carbocycles. The van der Waals surface area contributed by atoms with Gasteiger partial charge in [-0.2, -0.15) is 0 Å². The summed E-state index contributed by atoms with van der Waals surface area (Å²) in [5, 5.41) is 0.246. The number of esters is 1. The van der Waals surface area contributed by atoms with E-state index in [4.69, 9.17) is 11.6 Å². The lowest BCUT2D eigenvalue weighted by Gasteiger charge is -1.98. The third-order valence-electron chi connectivity index (χ3n) is 1.77. The van der Waals surface area contributed by atoms with Crippen LogP contribution in [0.4, 0.5) is 4.39 Å². The van der Waals surface area contributed by atoms with Gasteiger partial charge in [-0.15, -0.1) is 0 Å². The first-order valence-electron chi connectivity index (χ1n) is 4.30. The smallest absolute Gasteiger partial charge is 0.330 e. The van der Waals surface area contributed by atoms with E-state index in [1.54, 1.807) is 0 Å². The normalized spacial score (nSPS) is 10.4. The van der Waals surface area contributed by atoms with Crippen LogP contribution in [-0.4, -0.2) is 18.9 Å². The Morgan fingerprint density at radius 1 is 1.38 bits per heavy atom. The molecule has 84 valence electrons. The van der Waals surface area contributed by atoms with Crippen LogP contribution in [-0.2, 0) is 9.53 Å². The lowest BCUT2D eigenvalue weighted by molar-refractivity contribution is -0.134. The van der Waals surface area contributed by atoms with Crippen molar-refractivity contribution in [2.45, 2.75) is 0 Å². The van der Waals surface area contributed by atoms with Crippen LogP contribution >= 0.6 is 11.6 Å². The highest BCUT2D eigenvalue weighted by Gasteiger charge is 2.09. The van der Waals surface area contributed by atoms with E-state index in [2.05, 4.69) is 4.74 Å². The van der Waals surface area contributed by atoms with E-state index >= 15 is 0 Å². The van der Waals surface area contributed by atoms with Gasteiger partial charge in [0.15, 0.2) is 5.78 Å². The predicted molar refractivity (Wildman–Crippen MR) is 56.9 cm³/mol. The van der Waals surface area contributed by atoms with Crippen molar-refractivity contribution in [3.8, 4) is 0 Å².